The third-order valence-electron chi connectivity index (χ3n) is 3.54. The van der Waals surface area contributed by atoms with Crippen LogP contribution in [-0.2, 0) is 6.54 Å². The van der Waals surface area contributed by atoms with Crippen molar-refractivity contribution in [3.8, 4) is 0 Å². The first-order chi connectivity index (χ1) is 9.33. The first-order valence-corrected chi connectivity index (χ1v) is 6.56. The van der Waals surface area contributed by atoms with Gasteiger partial charge in [-0.3, -0.25) is 14.5 Å². The lowest BCUT2D eigenvalue weighted by molar-refractivity contribution is 0.101. The fourth-order valence-electron chi connectivity index (χ4n) is 2.22. The highest BCUT2D eigenvalue weighted by atomic mass is 16.2. The quantitative estimate of drug-likeness (QED) is 0.913. The number of amides is 1. The number of aromatic nitrogens is 3. The largest absolute Gasteiger partial charge is 0.321 e. The van der Waals surface area contributed by atoms with Crippen molar-refractivity contribution < 1.29 is 4.79 Å². The van der Waals surface area contributed by atoms with Crippen molar-refractivity contribution in [1.82, 2.24) is 14.8 Å². The van der Waals surface area contributed by atoms with Gasteiger partial charge in [0.25, 0.3) is 5.91 Å². The molecule has 0 saturated heterocycles. The van der Waals surface area contributed by atoms with Gasteiger partial charge >= 0.3 is 0 Å². The summed E-state index contributed by atoms with van der Waals surface area (Å²) in [7, 11) is 0. The molecule has 0 unspecified atom stereocenters. The molecule has 0 spiro atoms. The fraction of sp³-hybridized carbons (Fsp3) is 0.357. The number of nitrogens with one attached hydrogen (secondary N) is 1. The molecule has 5 heteroatoms. The lowest BCUT2D eigenvalue weighted by Crippen LogP contribution is -2.23. The van der Waals surface area contributed by atoms with Crippen LogP contribution in [0.2, 0.25) is 0 Å². The predicted octanol–water partition coefficient (Wildman–Crippen LogP) is 2.33. The van der Waals surface area contributed by atoms with Gasteiger partial charge in [0.2, 0.25) is 0 Å². The first-order valence-electron chi connectivity index (χ1n) is 6.56. The Kier molecular flexibility index (Phi) is 3.27. The molecule has 2 heterocycles. The maximum Gasteiger partial charge on any atom is 0.273 e. The smallest absolute Gasteiger partial charge is 0.273 e. The van der Waals surface area contributed by atoms with Crippen molar-refractivity contribution in [2.24, 2.45) is 5.92 Å². The maximum absolute atomic E-state index is 12.2. The van der Waals surface area contributed by atoms with E-state index in [2.05, 4.69) is 15.4 Å². The van der Waals surface area contributed by atoms with Gasteiger partial charge < -0.3 is 5.32 Å². The molecule has 19 heavy (non-hydrogen) atoms. The number of nitrogens with zero attached hydrogens (tertiary/aromatic N) is 3. The minimum atomic E-state index is -0.122. The Morgan fingerprint density at radius 1 is 1.26 bits per heavy atom. The Bertz CT molecular complexity index is 560. The van der Waals surface area contributed by atoms with Gasteiger partial charge in [0, 0.05) is 30.8 Å². The molecular weight excluding hydrogens is 240 g/mol. The summed E-state index contributed by atoms with van der Waals surface area (Å²) in [5, 5.41) is 7.10. The second-order valence-corrected chi connectivity index (χ2v) is 4.89. The third kappa shape index (κ3) is 2.65. The summed E-state index contributed by atoms with van der Waals surface area (Å²) in [4.78, 5) is 16.1. The summed E-state index contributed by atoms with van der Waals surface area (Å²) >= 11 is 0. The molecule has 0 radical (unpaired) electrons. The van der Waals surface area contributed by atoms with Crippen molar-refractivity contribution in [3.63, 3.8) is 0 Å². The Morgan fingerprint density at radius 2 is 2.05 bits per heavy atom. The van der Waals surface area contributed by atoms with Crippen LogP contribution in [0.25, 0.3) is 0 Å². The van der Waals surface area contributed by atoms with E-state index in [1.807, 2.05) is 0 Å². The van der Waals surface area contributed by atoms with Crippen LogP contribution in [0.15, 0.2) is 36.8 Å². The first kappa shape index (κ1) is 11.9. The van der Waals surface area contributed by atoms with Gasteiger partial charge in [0.15, 0.2) is 0 Å². The van der Waals surface area contributed by atoms with E-state index in [0.717, 1.165) is 12.2 Å². The minimum Gasteiger partial charge on any atom is -0.321 e. The Hall–Kier alpha value is -2.17. The van der Waals surface area contributed by atoms with Gasteiger partial charge in [-0.1, -0.05) is 6.42 Å². The number of hydrogen-bond acceptors (Lipinski definition) is 3. The summed E-state index contributed by atoms with van der Waals surface area (Å²) in [5.41, 5.74) is 1.36. The molecule has 3 rings (SSSR count). The molecule has 1 aliphatic carbocycles. The lowest BCUT2D eigenvalue weighted by atomic mass is 9.85. The number of carbonyl (C=O) groups excluding carboxylic acids is 1. The van der Waals surface area contributed by atoms with E-state index in [9.17, 15) is 4.79 Å². The number of rotatable bonds is 4. The lowest BCUT2D eigenvalue weighted by Gasteiger charge is -2.25. The number of pyridine rings is 1. The standard InChI is InChI=1S/C14H16N4O/c19-14(17-12-4-7-15-8-5-12)13-6-9-16-18(13)10-11-2-1-3-11/h4-9,11H,1-3,10H2,(H,15,17,19). The van der Waals surface area contributed by atoms with E-state index in [1.165, 1.54) is 19.3 Å². The maximum atomic E-state index is 12.2. The number of hydrogen-bond donors (Lipinski definition) is 1. The number of anilines is 1. The van der Waals surface area contributed by atoms with Crippen molar-refractivity contribution in [3.05, 3.63) is 42.5 Å². The van der Waals surface area contributed by atoms with Crippen LogP contribution in [0.4, 0.5) is 5.69 Å². The van der Waals surface area contributed by atoms with Gasteiger partial charge in [0.1, 0.15) is 5.69 Å². The molecule has 0 atom stereocenters. The van der Waals surface area contributed by atoms with Crippen LogP contribution in [0.1, 0.15) is 29.8 Å². The zero-order valence-electron chi connectivity index (χ0n) is 10.6. The molecule has 1 saturated carbocycles. The summed E-state index contributed by atoms with van der Waals surface area (Å²) in [6.45, 7) is 0.839. The van der Waals surface area contributed by atoms with E-state index < -0.39 is 0 Å². The molecule has 1 N–H and O–H groups in total. The summed E-state index contributed by atoms with van der Waals surface area (Å²) in [6.07, 6.45) is 8.77. The van der Waals surface area contributed by atoms with Gasteiger partial charge in [-0.05, 0) is 37.0 Å². The van der Waals surface area contributed by atoms with Crippen molar-refractivity contribution in [1.29, 1.82) is 0 Å². The highest BCUT2D eigenvalue weighted by Gasteiger charge is 2.21. The van der Waals surface area contributed by atoms with Crippen LogP contribution in [0, 0.1) is 5.92 Å². The second-order valence-electron chi connectivity index (χ2n) is 4.89. The van der Waals surface area contributed by atoms with Crippen LogP contribution in [0.3, 0.4) is 0 Å². The predicted molar refractivity (Wildman–Crippen MR) is 71.8 cm³/mol. The van der Waals surface area contributed by atoms with Crippen LogP contribution in [-0.4, -0.2) is 20.7 Å². The molecular formula is C14H16N4O. The molecule has 2 aromatic heterocycles. The average Bonchev–Trinajstić information content (AvgIpc) is 2.83. The normalized spacial score (nSPS) is 14.9. The molecule has 98 valence electrons. The monoisotopic (exact) mass is 256 g/mol. The topological polar surface area (TPSA) is 59.8 Å². The van der Waals surface area contributed by atoms with E-state index in [4.69, 9.17) is 0 Å². The van der Waals surface area contributed by atoms with Crippen LogP contribution < -0.4 is 5.32 Å². The molecule has 0 bridgehead atoms. The van der Waals surface area contributed by atoms with Gasteiger partial charge in [0.05, 0.1) is 0 Å². The molecule has 1 amide bonds. The molecule has 1 aliphatic rings. The molecule has 5 nitrogen and oxygen atoms in total. The Balaban J connectivity index is 1.71. The van der Waals surface area contributed by atoms with E-state index in [-0.39, 0.29) is 5.91 Å². The summed E-state index contributed by atoms with van der Waals surface area (Å²) in [5.74, 6) is 0.551. The van der Waals surface area contributed by atoms with E-state index in [0.29, 0.717) is 11.6 Å². The van der Waals surface area contributed by atoms with Gasteiger partial charge in [-0.2, -0.15) is 5.10 Å². The van der Waals surface area contributed by atoms with Crippen molar-refractivity contribution >= 4 is 11.6 Å². The van der Waals surface area contributed by atoms with E-state index >= 15 is 0 Å². The van der Waals surface area contributed by atoms with Crippen LogP contribution in [0.5, 0.6) is 0 Å². The van der Waals surface area contributed by atoms with Crippen molar-refractivity contribution in [2.45, 2.75) is 25.8 Å². The second kappa shape index (κ2) is 5.22. The van der Waals surface area contributed by atoms with Gasteiger partial charge in [-0.25, -0.2) is 0 Å². The Labute approximate surface area is 111 Å². The zero-order valence-corrected chi connectivity index (χ0v) is 10.6. The summed E-state index contributed by atoms with van der Waals surface area (Å²) in [6, 6.07) is 5.30. The highest BCUT2D eigenvalue weighted by Crippen LogP contribution is 2.28. The summed E-state index contributed by atoms with van der Waals surface area (Å²) < 4.78 is 1.81. The van der Waals surface area contributed by atoms with Crippen LogP contribution >= 0.6 is 0 Å². The Morgan fingerprint density at radius 3 is 2.74 bits per heavy atom. The van der Waals surface area contributed by atoms with Crippen molar-refractivity contribution in [2.75, 3.05) is 5.32 Å². The zero-order chi connectivity index (χ0) is 13.1. The molecule has 2 aromatic rings. The minimum absolute atomic E-state index is 0.122. The number of carbonyl (C=O) groups is 1. The molecule has 1 fully saturated rings. The average molecular weight is 256 g/mol. The highest BCUT2D eigenvalue weighted by molar-refractivity contribution is 6.02. The SMILES string of the molecule is O=C(Nc1ccncc1)c1ccnn1CC1CCC1. The van der Waals surface area contributed by atoms with E-state index in [1.54, 1.807) is 41.5 Å². The third-order valence-corrected chi connectivity index (χ3v) is 3.54. The fourth-order valence-corrected chi connectivity index (χ4v) is 2.22. The molecule has 0 aromatic carbocycles. The van der Waals surface area contributed by atoms with Gasteiger partial charge in [-0.15, -0.1) is 0 Å². The molecule has 0 aliphatic heterocycles.